The standard InChI is InChI=1S/C13H27ClN2O/c1-12(2,9-15(5)6)10-16(7)11(17)13(3,4)8-14/h8-10H2,1-7H3. The summed E-state index contributed by atoms with van der Waals surface area (Å²) < 4.78 is 0. The molecule has 0 fully saturated rings. The van der Waals surface area contributed by atoms with Crippen molar-refractivity contribution < 1.29 is 4.79 Å². The molecule has 102 valence electrons. The van der Waals surface area contributed by atoms with Gasteiger partial charge in [0.1, 0.15) is 0 Å². The molecule has 0 aliphatic heterocycles. The second-order valence-electron chi connectivity index (χ2n) is 6.58. The highest BCUT2D eigenvalue weighted by atomic mass is 35.5. The van der Waals surface area contributed by atoms with Gasteiger partial charge in [0.2, 0.25) is 5.91 Å². The topological polar surface area (TPSA) is 23.6 Å². The molecule has 0 heterocycles. The highest BCUT2D eigenvalue weighted by Gasteiger charge is 2.32. The van der Waals surface area contributed by atoms with Crippen LogP contribution < -0.4 is 0 Å². The molecule has 0 saturated heterocycles. The van der Waals surface area contributed by atoms with E-state index in [0.717, 1.165) is 13.1 Å². The zero-order valence-corrected chi connectivity index (χ0v) is 13.1. The van der Waals surface area contributed by atoms with Crippen molar-refractivity contribution in [2.45, 2.75) is 27.7 Å². The third-order valence-electron chi connectivity index (χ3n) is 2.67. The minimum atomic E-state index is -0.482. The van der Waals surface area contributed by atoms with E-state index in [2.05, 4.69) is 18.7 Å². The van der Waals surface area contributed by atoms with Crippen LogP contribution in [0.3, 0.4) is 0 Å². The number of halogens is 1. The third-order valence-corrected chi connectivity index (χ3v) is 3.34. The molecule has 0 aliphatic rings. The molecule has 0 bridgehead atoms. The van der Waals surface area contributed by atoms with Gasteiger partial charge in [-0.3, -0.25) is 4.79 Å². The molecule has 0 N–H and O–H groups in total. The van der Waals surface area contributed by atoms with Crippen molar-refractivity contribution in [3.05, 3.63) is 0 Å². The van der Waals surface area contributed by atoms with Gasteiger partial charge in [-0.25, -0.2) is 0 Å². The van der Waals surface area contributed by atoms with E-state index >= 15 is 0 Å². The maximum atomic E-state index is 12.2. The maximum Gasteiger partial charge on any atom is 0.229 e. The lowest BCUT2D eigenvalue weighted by Crippen LogP contribution is -2.46. The Labute approximate surface area is 111 Å². The molecular weight excluding hydrogens is 236 g/mol. The summed E-state index contributed by atoms with van der Waals surface area (Å²) >= 11 is 5.83. The van der Waals surface area contributed by atoms with Crippen LogP contribution in [0, 0.1) is 10.8 Å². The summed E-state index contributed by atoms with van der Waals surface area (Å²) in [5.74, 6) is 0.462. The summed E-state index contributed by atoms with van der Waals surface area (Å²) in [6.45, 7) is 9.81. The molecule has 0 atom stereocenters. The summed E-state index contributed by atoms with van der Waals surface area (Å²) in [5.41, 5.74) is -0.402. The fourth-order valence-corrected chi connectivity index (χ4v) is 2.31. The van der Waals surface area contributed by atoms with E-state index in [9.17, 15) is 4.79 Å². The van der Waals surface area contributed by atoms with Gasteiger partial charge in [-0.15, -0.1) is 11.6 Å². The number of carbonyl (C=O) groups excluding carboxylic acids is 1. The van der Waals surface area contributed by atoms with E-state index < -0.39 is 5.41 Å². The van der Waals surface area contributed by atoms with E-state index in [1.54, 1.807) is 4.90 Å². The Morgan fingerprint density at radius 1 is 1.06 bits per heavy atom. The van der Waals surface area contributed by atoms with Crippen LogP contribution in [0.1, 0.15) is 27.7 Å². The van der Waals surface area contributed by atoms with Crippen LogP contribution in [-0.4, -0.2) is 55.8 Å². The van der Waals surface area contributed by atoms with E-state index in [1.165, 1.54) is 0 Å². The average Bonchev–Trinajstić information content (AvgIpc) is 2.13. The normalized spacial score (nSPS) is 13.0. The highest BCUT2D eigenvalue weighted by molar-refractivity contribution is 6.19. The second-order valence-corrected chi connectivity index (χ2v) is 6.85. The lowest BCUT2D eigenvalue weighted by Gasteiger charge is -2.35. The Kier molecular flexibility index (Phi) is 5.95. The monoisotopic (exact) mass is 262 g/mol. The van der Waals surface area contributed by atoms with Crippen LogP contribution in [0.25, 0.3) is 0 Å². The SMILES string of the molecule is CN(C)CC(C)(C)CN(C)C(=O)C(C)(C)CCl. The van der Waals surface area contributed by atoms with Crippen LogP contribution in [0.5, 0.6) is 0 Å². The molecule has 3 nitrogen and oxygen atoms in total. The van der Waals surface area contributed by atoms with Gasteiger partial charge in [0, 0.05) is 26.0 Å². The van der Waals surface area contributed by atoms with E-state index in [-0.39, 0.29) is 11.3 Å². The van der Waals surface area contributed by atoms with Crippen LogP contribution in [-0.2, 0) is 4.79 Å². The lowest BCUT2D eigenvalue weighted by atomic mass is 9.89. The van der Waals surface area contributed by atoms with Crippen molar-refractivity contribution in [2.24, 2.45) is 10.8 Å². The molecule has 0 saturated carbocycles. The van der Waals surface area contributed by atoms with Crippen molar-refractivity contribution in [1.82, 2.24) is 9.80 Å². The summed E-state index contributed by atoms with van der Waals surface area (Å²) in [5, 5.41) is 0. The quantitative estimate of drug-likeness (QED) is 0.686. The van der Waals surface area contributed by atoms with Crippen molar-refractivity contribution >= 4 is 17.5 Å². The van der Waals surface area contributed by atoms with Gasteiger partial charge < -0.3 is 9.80 Å². The summed E-state index contributed by atoms with van der Waals surface area (Å²) in [6.07, 6.45) is 0. The van der Waals surface area contributed by atoms with E-state index in [4.69, 9.17) is 11.6 Å². The molecule has 0 aromatic heterocycles. The van der Waals surface area contributed by atoms with Crippen LogP contribution in [0.15, 0.2) is 0 Å². The molecular formula is C13H27ClN2O. The average molecular weight is 263 g/mol. The van der Waals surface area contributed by atoms with E-state index in [0.29, 0.717) is 5.88 Å². The molecule has 0 unspecified atom stereocenters. The predicted octanol–water partition coefficient (Wildman–Crippen LogP) is 2.30. The summed E-state index contributed by atoms with van der Waals surface area (Å²) in [6, 6.07) is 0. The third kappa shape index (κ3) is 5.73. The largest absolute Gasteiger partial charge is 0.345 e. The van der Waals surface area contributed by atoms with Gasteiger partial charge in [-0.05, 0) is 33.4 Å². The zero-order valence-electron chi connectivity index (χ0n) is 12.3. The Morgan fingerprint density at radius 3 is 1.88 bits per heavy atom. The van der Waals surface area contributed by atoms with Crippen LogP contribution in [0.4, 0.5) is 0 Å². The van der Waals surface area contributed by atoms with Crippen molar-refractivity contribution in [1.29, 1.82) is 0 Å². The molecule has 17 heavy (non-hydrogen) atoms. The van der Waals surface area contributed by atoms with Crippen molar-refractivity contribution in [3.8, 4) is 0 Å². The molecule has 0 aromatic rings. The Balaban J connectivity index is 4.54. The molecule has 0 rings (SSSR count). The number of nitrogens with zero attached hydrogens (tertiary/aromatic N) is 2. The number of hydrogen-bond donors (Lipinski definition) is 0. The fraction of sp³-hybridized carbons (Fsp3) is 0.923. The molecule has 0 radical (unpaired) electrons. The number of hydrogen-bond acceptors (Lipinski definition) is 2. The van der Waals surface area contributed by atoms with Gasteiger partial charge in [0.25, 0.3) is 0 Å². The van der Waals surface area contributed by atoms with Crippen molar-refractivity contribution in [3.63, 3.8) is 0 Å². The number of alkyl halides is 1. The predicted molar refractivity (Wildman–Crippen MR) is 74.5 cm³/mol. The first kappa shape index (κ1) is 16.7. The maximum absolute atomic E-state index is 12.2. The van der Waals surface area contributed by atoms with Crippen LogP contribution in [0.2, 0.25) is 0 Å². The number of rotatable bonds is 6. The number of amides is 1. The summed E-state index contributed by atoms with van der Waals surface area (Å²) in [4.78, 5) is 16.1. The molecule has 4 heteroatoms. The van der Waals surface area contributed by atoms with Crippen LogP contribution >= 0.6 is 11.6 Å². The Hall–Kier alpha value is -0.280. The Bertz CT molecular complexity index is 262. The zero-order chi connectivity index (χ0) is 13.9. The van der Waals surface area contributed by atoms with Crippen molar-refractivity contribution in [2.75, 3.05) is 40.1 Å². The Morgan fingerprint density at radius 2 is 1.53 bits per heavy atom. The molecule has 1 amide bonds. The van der Waals surface area contributed by atoms with Gasteiger partial charge in [-0.2, -0.15) is 0 Å². The van der Waals surface area contributed by atoms with Gasteiger partial charge in [0.05, 0.1) is 5.41 Å². The summed E-state index contributed by atoms with van der Waals surface area (Å²) in [7, 11) is 5.95. The minimum Gasteiger partial charge on any atom is -0.345 e. The molecule has 0 aromatic carbocycles. The molecule has 0 spiro atoms. The van der Waals surface area contributed by atoms with Gasteiger partial charge in [0.15, 0.2) is 0 Å². The first-order valence-electron chi connectivity index (χ1n) is 5.98. The van der Waals surface area contributed by atoms with E-state index in [1.807, 2.05) is 35.0 Å². The van der Waals surface area contributed by atoms with Gasteiger partial charge >= 0.3 is 0 Å². The minimum absolute atomic E-state index is 0.0797. The first-order valence-corrected chi connectivity index (χ1v) is 6.51. The lowest BCUT2D eigenvalue weighted by molar-refractivity contribution is -0.139. The first-order chi connectivity index (χ1) is 7.52. The molecule has 0 aliphatic carbocycles. The second kappa shape index (κ2) is 6.05. The number of carbonyl (C=O) groups is 1. The fourth-order valence-electron chi connectivity index (χ4n) is 2.19. The smallest absolute Gasteiger partial charge is 0.229 e. The van der Waals surface area contributed by atoms with Gasteiger partial charge in [-0.1, -0.05) is 13.8 Å². The highest BCUT2D eigenvalue weighted by Crippen LogP contribution is 2.23.